The quantitative estimate of drug-likeness (QED) is 0.145. The molecule has 2 saturated heterocycles. The number of piperidine rings is 1. The van der Waals surface area contributed by atoms with E-state index in [0.29, 0.717) is 43.2 Å². The zero-order valence-corrected chi connectivity index (χ0v) is 22.3. The Bertz CT molecular complexity index is 1020. The number of nitrogens with one attached hydrogen (secondary N) is 2. The summed E-state index contributed by atoms with van der Waals surface area (Å²) in [6, 6.07) is 5.61. The minimum atomic E-state index is -0.675. The highest BCUT2D eigenvalue weighted by Crippen LogP contribution is 2.22. The number of rotatable bonds is 9. The minimum absolute atomic E-state index is 0.0484. The van der Waals surface area contributed by atoms with Gasteiger partial charge in [-0.2, -0.15) is 0 Å². The number of urea groups is 1. The van der Waals surface area contributed by atoms with Gasteiger partial charge in [0.2, 0.25) is 5.91 Å². The second-order valence-corrected chi connectivity index (χ2v) is 9.74. The molecule has 12 heteroatoms. The van der Waals surface area contributed by atoms with Crippen LogP contribution in [-0.2, 0) is 19.2 Å². The third-order valence-electron chi connectivity index (χ3n) is 6.77. The molecule has 2 aliphatic rings. The largest absolute Gasteiger partial charge is 0.463 e. The molecule has 2 heterocycles. The van der Waals surface area contributed by atoms with Crippen LogP contribution < -0.4 is 21.3 Å². The molecular formula is C26H38N6O6. The number of hydrogen-bond donors (Lipinski definition) is 3. The minimum Gasteiger partial charge on any atom is -0.463 e. The molecule has 2 unspecified atom stereocenters. The summed E-state index contributed by atoms with van der Waals surface area (Å²) >= 11 is 0. The van der Waals surface area contributed by atoms with Gasteiger partial charge in [0.15, 0.2) is 5.84 Å². The molecule has 3 rings (SSSR count). The van der Waals surface area contributed by atoms with E-state index in [0.717, 1.165) is 19.3 Å². The number of likely N-dealkylation sites (tertiary alicyclic amines) is 1. The highest BCUT2D eigenvalue weighted by atomic mass is 16.7. The molecule has 2 atom stereocenters. The van der Waals surface area contributed by atoms with E-state index < -0.39 is 18.2 Å². The fourth-order valence-electron chi connectivity index (χ4n) is 4.13. The van der Waals surface area contributed by atoms with E-state index in [2.05, 4.69) is 22.7 Å². The summed E-state index contributed by atoms with van der Waals surface area (Å²) in [6.45, 7) is 7.70. The number of carbonyl (C=O) groups excluding carboxylic acids is 4. The number of amides is 4. The van der Waals surface area contributed by atoms with Crippen molar-refractivity contribution in [1.29, 1.82) is 0 Å². The van der Waals surface area contributed by atoms with E-state index in [-0.39, 0.29) is 36.8 Å². The predicted molar refractivity (Wildman–Crippen MR) is 141 cm³/mol. The first-order valence-electron chi connectivity index (χ1n) is 13.1. The van der Waals surface area contributed by atoms with E-state index >= 15 is 0 Å². The van der Waals surface area contributed by atoms with Crippen molar-refractivity contribution in [2.24, 2.45) is 16.8 Å². The van der Waals surface area contributed by atoms with Crippen LogP contribution in [0, 0.1) is 5.92 Å². The van der Waals surface area contributed by atoms with Crippen molar-refractivity contribution in [1.82, 2.24) is 15.5 Å². The molecule has 2 fully saturated rings. The average molecular weight is 531 g/mol. The number of anilines is 1. The Labute approximate surface area is 222 Å². The lowest BCUT2D eigenvalue weighted by Crippen LogP contribution is -2.46. The lowest BCUT2D eigenvalue weighted by atomic mass is 10.00. The van der Waals surface area contributed by atoms with Crippen LogP contribution >= 0.6 is 0 Å². The third-order valence-corrected chi connectivity index (χ3v) is 6.77. The highest BCUT2D eigenvalue weighted by molar-refractivity contribution is 6.02. The molecule has 208 valence electrons. The second-order valence-electron chi connectivity index (χ2n) is 9.74. The Hall–Kier alpha value is -3.83. The number of benzene rings is 1. The summed E-state index contributed by atoms with van der Waals surface area (Å²) in [6.07, 6.45) is 2.39. The number of oxime groups is 1. The molecular weight excluding hydrogens is 492 g/mol. The monoisotopic (exact) mass is 530 g/mol. The van der Waals surface area contributed by atoms with E-state index in [4.69, 9.17) is 15.3 Å². The second kappa shape index (κ2) is 13.6. The maximum absolute atomic E-state index is 12.8. The lowest BCUT2D eigenvalue weighted by molar-refractivity contribution is -0.148. The van der Waals surface area contributed by atoms with E-state index in [1.807, 2.05) is 6.92 Å². The zero-order chi connectivity index (χ0) is 27.7. The van der Waals surface area contributed by atoms with Crippen molar-refractivity contribution in [3.05, 3.63) is 29.8 Å². The molecule has 0 spiro atoms. The SMILES string of the molecule is CCC(C)OC(=O)CCNC(=O)NC1CCN(c2ccc(/C(N)=N/OC(=O)N3CCC(C)CC3)cc2)C1=O. The number of esters is 1. The van der Waals surface area contributed by atoms with Crippen LogP contribution in [-0.4, -0.2) is 73.1 Å². The summed E-state index contributed by atoms with van der Waals surface area (Å²) in [4.78, 5) is 57.1. The van der Waals surface area contributed by atoms with Gasteiger partial charge in [-0.3, -0.25) is 14.4 Å². The normalized spacial score (nSPS) is 19.2. The smallest absolute Gasteiger partial charge is 0.436 e. The van der Waals surface area contributed by atoms with Crippen molar-refractivity contribution in [2.45, 2.75) is 65.0 Å². The molecule has 0 aliphatic carbocycles. The van der Waals surface area contributed by atoms with Gasteiger partial charge in [-0.05, 0) is 62.8 Å². The summed E-state index contributed by atoms with van der Waals surface area (Å²) in [5.74, 6) is 0.0167. The summed E-state index contributed by atoms with van der Waals surface area (Å²) < 4.78 is 5.16. The Kier molecular flexibility index (Phi) is 10.3. The van der Waals surface area contributed by atoms with E-state index in [1.165, 1.54) is 0 Å². The van der Waals surface area contributed by atoms with E-state index in [9.17, 15) is 19.2 Å². The summed E-state index contributed by atoms with van der Waals surface area (Å²) in [7, 11) is 0. The molecule has 38 heavy (non-hydrogen) atoms. The molecule has 0 aromatic heterocycles. The van der Waals surface area contributed by atoms with Crippen molar-refractivity contribution in [2.75, 3.05) is 31.1 Å². The molecule has 0 bridgehead atoms. The molecule has 0 saturated carbocycles. The van der Waals surface area contributed by atoms with Crippen LogP contribution in [0.1, 0.15) is 58.4 Å². The van der Waals surface area contributed by atoms with Crippen molar-refractivity contribution in [3.63, 3.8) is 0 Å². The standard InChI is InChI=1S/C26H38N6O6/c1-4-18(3)37-22(33)9-13-28-25(35)29-21-12-16-32(24(21)34)20-7-5-19(6-8-20)23(27)30-38-26(36)31-14-10-17(2)11-15-31/h5-8,17-18,21H,4,9-16H2,1-3H3,(H2,27,30)(H2,28,29,35). The molecule has 0 radical (unpaired) electrons. The van der Waals surface area contributed by atoms with Crippen LogP contribution in [0.25, 0.3) is 0 Å². The van der Waals surface area contributed by atoms with Gasteiger partial charge in [-0.1, -0.05) is 19.0 Å². The van der Waals surface area contributed by atoms with Gasteiger partial charge in [0.1, 0.15) is 6.04 Å². The summed E-state index contributed by atoms with van der Waals surface area (Å²) in [5, 5.41) is 9.01. The molecule has 4 N–H and O–H groups in total. The van der Waals surface area contributed by atoms with Gasteiger partial charge in [0.25, 0.3) is 0 Å². The van der Waals surface area contributed by atoms with Gasteiger partial charge in [0.05, 0.1) is 12.5 Å². The van der Waals surface area contributed by atoms with Crippen molar-refractivity contribution in [3.8, 4) is 0 Å². The van der Waals surface area contributed by atoms with Gasteiger partial charge in [-0.15, -0.1) is 0 Å². The number of hydrogen-bond acceptors (Lipinski definition) is 7. The first-order chi connectivity index (χ1) is 18.2. The number of amidine groups is 1. The highest BCUT2D eigenvalue weighted by Gasteiger charge is 2.33. The number of carbonyl (C=O) groups is 4. The Balaban J connectivity index is 1.45. The Morgan fingerprint density at radius 3 is 2.47 bits per heavy atom. The number of nitrogens with zero attached hydrogens (tertiary/aromatic N) is 3. The fraction of sp³-hybridized carbons (Fsp3) is 0.577. The average Bonchev–Trinajstić information content (AvgIpc) is 3.26. The molecule has 4 amide bonds. The van der Waals surface area contributed by atoms with Gasteiger partial charge >= 0.3 is 18.1 Å². The molecule has 1 aromatic carbocycles. The lowest BCUT2D eigenvalue weighted by Gasteiger charge is -2.28. The van der Waals surface area contributed by atoms with Crippen LogP contribution in [0.2, 0.25) is 0 Å². The maximum Gasteiger partial charge on any atom is 0.436 e. The van der Waals surface area contributed by atoms with Gasteiger partial charge < -0.3 is 30.9 Å². The van der Waals surface area contributed by atoms with Gasteiger partial charge in [-0.25, -0.2) is 9.59 Å². The number of nitrogens with two attached hydrogens (primary N) is 1. The van der Waals surface area contributed by atoms with Crippen LogP contribution in [0.15, 0.2) is 29.4 Å². The molecule has 2 aliphatic heterocycles. The maximum atomic E-state index is 12.8. The van der Waals surface area contributed by atoms with Crippen LogP contribution in [0.4, 0.5) is 15.3 Å². The first kappa shape index (κ1) is 28.7. The Morgan fingerprint density at radius 1 is 1.13 bits per heavy atom. The zero-order valence-electron chi connectivity index (χ0n) is 22.3. The third kappa shape index (κ3) is 8.09. The van der Waals surface area contributed by atoms with Crippen LogP contribution in [0.3, 0.4) is 0 Å². The molecule has 1 aromatic rings. The fourth-order valence-corrected chi connectivity index (χ4v) is 4.13. The van der Waals surface area contributed by atoms with Crippen molar-refractivity contribution < 1.29 is 28.8 Å². The topological polar surface area (TPSA) is 156 Å². The number of ether oxygens (including phenoxy) is 1. The predicted octanol–water partition coefficient (Wildman–Crippen LogP) is 2.31. The summed E-state index contributed by atoms with van der Waals surface area (Å²) in [5.41, 5.74) is 7.17. The van der Waals surface area contributed by atoms with E-state index in [1.54, 1.807) is 41.0 Å². The molecule has 12 nitrogen and oxygen atoms in total. The van der Waals surface area contributed by atoms with Crippen molar-refractivity contribution >= 4 is 35.5 Å². The first-order valence-corrected chi connectivity index (χ1v) is 13.1. The Morgan fingerprint density at radius 2 is 1.82 bits per heavy atom. The van der Waals surface area contributed by atoms with Gasteiger partial charge in [0, 0.05) is 37.4 Å². The van der Waals surface area contributed by atoms with Crippen LogP contribution in [0.5, 0.6) is 0 Å².